The summed E-state index contributed by atoms with van der Waals surface area (Å²) in [6.07, 6.45) is 5.46. The zero-order chi connectivity index (χ0) is 18.3. The molecule has 0 aliphatic heterocycles. The standard InChI is InChI=1S/C19H17N5OS/c1-11-20-9-17(24(11)3)15-5-4-13-8-22-14(6-16(13)23-15)7-18(25)19-10-21-12(2)26-19/h4-6,8-10H,7H2,1-3H3. The summed E-state index contributed by atoms with van der Waals surface area (Å²) in [6, 6.07) is 5.84. The van der Waals surface area contributed by atoms with Gasteiger partial charge < -0.3 is 4.57 Å². The smallest absolute Gasteiger partial charge is 0.180 e. The third kappa shape index (κ3) is 3.01. The van der Waals surface area contributed by atoms with Gasteiger partial charge in [-0.05, 0) is 32.0 Å². The lowest BCUT2D eigenvalue weighted by molar-refractivity contribution is 0.0995. The number of rotatable bonds is 4. The molecule has 130 valence electrons. The van der Waals surface area contributed by atoms with Gasteiger partial charge in [0.2, 0.25) is 0 Å². The van der Waals surface area contributed by atoms with Crippen molar-refractivity contribution in [3.05, 3.63) is 58.2 Å². The molecule has 26 heavy (non-hydrogen) atoms. The van der Waals surface area contributed by atoms with Crippen molar-refractivity contribution in [3.8, 4) is 11.4 Å². The third-order valence-corrected chi connectivity index (χ3v) is 5.30. The molecule has 0 atom stereocenters. The van der Waals surface area contributed by atoms with E-state index in [0.717, 1.165) is 33.1 Å². The highest BCUT2D eigenvalue weighted by molar-refractivity contribution is 7.13. The number of nitrogens with zero attached hydrogens (tertiary/aromatic N) is 5. The fraction of sp³-hybridized carbons (Fsp3) is 0.211. The number of carbonyl (C=O) groups is 1. The Morgan fingerprint density at radius 3 is 2.65 bits per heavy atom. The van der Waals surface area contributed by atoms with Crippen molar-refractivity contribution in [1.29, 1.82) is 0 Å². The van der Waals surface area contributed by atoms with Crippen LogP contribution in [0.2, 0.25) is 0 Å². The molecule has 0 N–H and O–H groups in total. The molecule has 0 saturated carbocycles. The first kappa shape index (κ1) is 16.5. The van der Waals surface area contributed by atoms with Crippen LogP contribution in [0.25, 0.3) is 22.3 Å². The lowest BCUT2D eigenvalue weighted by Gasteiger charge is -2.06. The Balaban J connectivity index is 1.67. The Morgan fingerprint density at radius 1 is 1.12 bits per heavy atom. The van der Waals surface area contributed by atoms with Crippen LogP contribution in [0, 0.1) is 13.8 Å². The first-order chi connectivity index (χ1) is 12.5. The second kappa shape index (κ2) is 6.42. The maximum atomic E-state index is 12.4. The Kier molecular flexibility index (Phi) is 4.08. The number of ketones is 1. The number of fused-ring (bicyclic) bond motifs is 1. The summed E-state index contributed by atoms with van der Waals surface area (Å²) >= 11 is 1.41. The number of aromatic nitrogens is 5. The largest absolute Gasteiger partial charge is 0.330 e. The van der Waals surface area contributed by atoms with Gasteiger partial charge >= 0.3 is 0 Å². The minimum Gasteiger partial charge on any atom is -0.330 e. The topological polar surface area (TPSA) is 73.6 Å². The van der Waals surface area contributed by atoms with Crippen LogP contribution in [-0.4, -0.2) is 30.3 Å². The third-order valence-electron chi connectivity index (χ3n) is 4.35. The highest BCUT2D eigenvalue weighted by atomic mass is 32.1. The van der Waals surface area contributed by atoms with Gasteiger partial charge in [-0.1, -0.05) is 0 Å². The Bertz CT molecular complexity index is 1130. The van der Waals surface area contributed by atoms with Gasteiger partial charge in [0, 0.05) is 24.8 Å². The fourth-order valence-electron chi connectivity index (χ4n) is 2.78. The van der Waals surface area contributed by atoms with Gasteiger partial charge in [0.05, 0.1) is 45.1 Å². The van der Waals surface area contributed by atoms with Gasteiger partial charge in [-0.15, -0.1) is 11.3 Å². The van der Waals surface area contributed by atoms with Gasteiger partial charge in [-0.3, -0.25) is 9.78 Å². The number of Topliss-reactive ketones (excluding diaryl/α,β-unsaturated/α-hetero) is 1. The predicted octanol–water partition coefficient (Wildman–Crippen LogP) is 3.53. The van der Waals surface area contributed by atoms with Crippen molar-refractivity contribution >= 4 is 28.0 Å². The van der Waals surface area contributed by atoms with Gasteiger partial charge in [-0.2, -0.15) is 0 Å². The van der Waals surface area contributed by atoms with Crippen LogP contribution < -0.4 is 0 Å². The molecule has 6 nitrogen and oxygen atoms in total. The molecule has 0 aromatic carbocycles. The van der Waals surface area contributed by atoms with E-state index in [1.54, 1.807) is 12.4 Å². The number of imidazole rings is 1. The van der Waals surface area contributed by atoms with Gasteiger partial charge in [0.1, 0.15) is 5.82 Å². The minimum atomic E-state index is 0.0286. The normalized spacial score (nSPS) is 11.2. The lowest BCUT2D eigenvalue weighted by Crippen LogP contribution is -2.03. The zero-order valence-electron chi connectivity index (χ0n) is 14.7. The van der Waals surface area contributed by atoms with Crippen LogP contribution in [-0.2, 0) is 13.5 Å². The van der Waals surface area contributed by atoms with Crippen molar-refractivity contribution in [3.63, 3.8) is 0 Å². The van der Waals surface area contributed by atoms with E-state index in [1.165, 1.54) is 11.3 Å². The van der Waals surface area contributed by atoms with Crippen LogP contribution in [0.5, 0.6) is 0 Å². The number of carbonyl (C=O) groups excluding carboxylic acids is 1. The first-order valence-electron chi connectivity index (χ1n) is 8.21. The van der Waals surface area contributed by atoms with Gasteiger partial charge in [0.25, 0.3) is 0 Å². The van der Waals surface area contributed by atoms with Crippen molar-refractivity contribution < 1.29 is 4.79 Å². The quantitative estimate of drug-likeness (QED) is 0.519. The van der Waals surface area contributed by atoms with Crippen molar-refractivity contribution in [2.24, 2.45) is 7.05 Å². The maximum Gasteiger partial charge on any atom is 0.180 e. The molecule has 0 amide bonds. The molecule has 0 saturated heterocycles. The van der Waals surface area contributed by atoms with Gasteiger partial charge in [0.15, 0.2) is 5.78 Å². The second-order valence-corrected chi connectivity index (χ2v) is 7.39. The SMILES string of the molecule is Cc1ncc(C(=O)Cc2cc3nc(-c4cnc(C)n4C)ccc3cn2)s1. The van der Waals surface area contributed by atoms with E-state index < -0.39 is 0 Å². The van der Waals surface area contributed by atoms with Crippen LogP contribution in [0.3, 0.4) is 0 Å². The molecule has 0 unspecified atom stereocenters. The molecule has 0 aliphatic carbocycles. The summed E-state index contributed by atoms with van der Waals surface area (Å²) in [7, 11) is 1.97. The number of thiazole rings is 1. The van der Waals surface area contributed by atoms with Gasteiger partial charge in [-0.25, -0.2) is 15.0 Å². The van der Waals surface area contributed by atoms with E-state index in [-0.39, 0.29) is 12.2 Å². The van der Waals surface area contributed by atoms with Crippen LogP contribution in [0.1, 0.15) is 26.2 Å². The summed E-state index contributed by atoms with van der Waals surface area (Å²) in [4.78, 5) is 30.7. The van der Waals surface area contributed by atoms with Crippen molar-refractivity contribution in [1.82, 2.24) is 24.5 Å². The summed E-state index contributed by atoms with van der Waals surface area (Å²) in [5.74, 6) is 0.962. The average molecular weight is 363 g/mol. The van der Waals surface area contributed by atoms with Crippen molar-refractivity contribution in [2.45, 2.75) is 20.3 Å². The first-order valence-corrected chi connectivity index (χ1v) is 9.03. The Labute approximate surface area is 154 Å². The summed E-state index contributed by atoms with van der Waals surface area (Å²) in [6.45, 7) is 3.85. The summed E-state index contributed by atoms with van der Waals surface area (Å²) in [5.41, 5.74) is 3.33. The number of hydrogen-bond acceptors (Lipinski definition) is 6. The van der Waals surface area contributed by atoms with E-state index in [4.69, 9.17) is 4.98 Å². The summed E-state index contributed by atoms with van der Waals surface area (Å²) in [5, 5.41) is 1.83. The van der Waals surface area contributed by atoms with Crippen LogP contribution >= 0.6 is 11.3 Å². The molecular formula is C19H17N5OS. The molecule has 0 radical (unpaired) electrons. The van der Waals surface area contributed by atoms with E-state index >= 15 is 0 Å². The number of hydrogen-bond donors (Lipinski definition) is 0. The monoisotopic (exact) mass is 363 g/mol. The summed E-state index contributed by atoms with van der Waals surface area (Å²) < 4.78 is 2.01. The Morgan fingerprint density at radius 2 is 1.96 bits per heavy atom. The maximum absolute atomic E-state index is 12.4. The molecule has 7 heteroatoms. The van der Waals surface area contributed by atoms with Crippen molar-refractivity contribution in [2.75, 3.05) is 0 Å². The molecule has 4 rings (SSSR count). The Hall–Kier alpha value is -2.93. The second-order valence-electron chi connectivity index (χ2n) is 6.16. The average Bonchev–Trinajstić information content (AvgIpc) is 3.21. The zero-order valence-corrected chi connectivity index (χ0v) is 15.5. The molecule has 0 aliphatic rings. The molecule has 4 aromatic rings. The molecule has 4 aromatic heterocycles. The molecule has 0 spiro atoms. The molecular weight excluding hydrogens is 346 g/mol. The number of pyridine rings is 2. The van der Waals surface area contributed by atoms with Crippen LogP contribution in [0.15, 0.2) is 36.8 Å². The molecule has 0 bridgehead atoms. The number of aryl methyl sites for hydroxylation is 2. The van der Waals surface area contributed by atoms with E-state index in [0.29, 0.717) is 10.6 Å². The highest BCUT2D eigenvalue weighted by Gasteiger charge is 2.13. The van der Waals surface area contributed by atoms with E-state index in [9.17, 15) is 4.79 Å². The van der Waals surface area contributed by atoms with E-state index in [2.05, 4.69) is 15.0 Å². The van der Waals surface area contributed by atoms with Crippen LogP contribution in [0.4, 0.5) is 0 Å². The predicted molar refractivity (Wildman–Crippen MR) is 101 cm³/mol. The van der Waals surface area contributed by atoms with E-state index in [1.807, 2.05) is 49.9 Å². The minimum absolute atomic E-state index is 0.0286. The molecule has 4 heterocycles. The highest BCUT2D eigenvalue weighted by Crippen LogP contribution is 2.22. The molecule has 0 fully saturated rings. The lowest BCUT2D eigenvalue weighted by atomic mass is 10.1. The fourth-order valence-corrected chi connectivity index (χ4v) is 3.49.